The van der Waals surface area contributed by atoms with E-state index in [0.717, 1.165) is 35.9 Å². The number of hydrogen-bond donors (Lipinski definition) is 0. The molecule has 0 amide bonds. The van der Waals surface area contributed by atoms with Gasteiger partial charge in [-0.15, -0.1) is 0 Å². The summed E-state index contributed by atoms with van der Waals surface area (Å²) in [5.41, 5.74) is 6.53. The third-order valence-corrected chi connectivity index (χ3v) is 5.17. The molecule has 1 aromatic heterocycles. The van der Waals surface area contributed by atoms with Crippen LogP contribution in [0.15, 0.2) is 54.6 Å². The number of aromatic nitrogens is 3. The van der Waals surface area contributed by atoms with Gasteiger partial charge in [-0.2, -0.15) is 0 Å². The molecule has 0 spiro atoms. The van der Waals surface area contributed by atoms with Crippen molar-refractivity contribution in [3.05, 3.63) is 77.4 Å². The number of aryl methyl sites for hydroxylation is 2. The molecule has 0 fully saturated rings. The van der Waals surface area contributed by atoms with Crippen molar-refractivity contribution < 1.29 is 0 Å². The van der Waals surface area contributed by atoms with Gasteiger partial charge >= 0.3 is 0 Å². The van der Waals surface area contributed by atoms with Gasteiger partial charge in [0.1, 0.15) is 11.6 Å². The monoisotopic (exact) mass is 337 g/mol. The molecule has 1 aliphatic carbocycles. The van der Waals surface area contributed by atoms with Crippen LogP contribution in [0, 0.1) is 6.92 Å². The lowest BCUT2D eigenvalue weighted by atomic mass is 9.99. The van der Waals surface area contributed by atoms with Crippen LogP contribution in [0.2, 0.25) is 0 Å². The molecule has 0 saturated heterocycles. The molecule has 126 valence electrons. The van der Waals surface area contributed by atoms with Crippen molar-refractivity contribution in [2.75, 3.05) is 0 Å². The second-order valence-electron chi connectivity index (χ2n) is 6.84. The van der Waals surface area contributed by atoms with Crippen LogP contribution >= 0.6 is 0 Å². The molecule has 26 heavy (non-hydrogen) atoms. The van der Waals surface area contributed by atoms with Gasteiger partial charge in [-0.05, 0) is 52.4 Å². The highest BCUT2D eigenvalue weighted by atomic mass is 15.0. The second kappa shape index (κ2) is 5.73. The van der Waals surface area contributed by atoms with Crippen molar-refractivity contribution in [3.63, 3.8) is 0 Å². The maximum absolute atomic E-state index is 4.62. The Labute approximate surface area is 152 Å². The van der Waals surface area contributed by atoms with Crippen molar-refractivity contribution in [2.24, 2.45) is 0 Å². The predicted octanol–water partition coefficient (Wildman–Crippen LogP) is 5.13. The number of benzene rings is 3. The maximum Gasteiger partial charge on any atom is 0.163 e. The minimum atomic E-state index is 0.776. The molecule has 5 rings (SSSR count). The molecule has 0 saturated carbocycles. The maximum atomic E-state index is 4.62. The van der Waals surface area contributed by atoms with E-state index in [-0.39, 0.29) is 0 Å². The van der Waals surface area contributed by atoms with Crippen molar-refractivity contribution >= 4 is 10.8 Å². The van der Waals surface area contributed by atoms with E-state index in [1.54, 1.807) is 0 Å². The molecule has 0 unspecified atom stereocenters. The van der Waals surface area contributed by atoms with Gasteiger partial charge in [0.05, 0.1) is 0 Å². The summed E-state index contributed by atoms with van der Waals surface area (Å²) >= 11 is 0. The SMILES string of the molecule is CCc1nc(C)nc(-c2ccc3c(c2)Cc2c-3ccc3ccccc23)n1. The highest BCUT2D eigenvalue weighted by Crippen LogP contribution is 2.41. The summed E-state index contributed by atoms with van der Waals surface area (Å²) in [6.45, 7) is 4.00. The molecule has 3 heteroatoms. The largest absolute Gasteiger partial charge is 0.218 e. The zero-order valence-corrected chi connectivity index (χ0v) is 15.0. The van der Waals surface area contributed by atoms with Crippen molar-refractivity contribution in [2.45, 2.75) is 26.7 Å². The van der Waals surface area contributed by atoms with Crippen LogP contribution in [-0.2, 0) is 12.8 Å². The summed E-state index contributed by atoms with van der Waals surface area (Å²) in [7, 11) is 0. The van der Waals surface area contributed by atoms with Crippen molar-refractivity contribution in [3.8, 4) is 22.5 Å². The van der Waals surface area contributed by atoms with E-state index in [4.69, 9.17) is 0 Å². The summed E-state index contributed by atoms with van der Waals surface area (Å²) in [6.07, 6.45) is 1.78. The van der Waals surface area contributed by atoms with Crippen molar-refractivity contribution in [1.29, 1.82) is 0 Å². The molecule has 0 bridgehead atoms. The molecular weight excluding hydrogens is 318 g/mol. The van der Waals surface area contributed by atoms with Crippen molar-refractivity contribution in [1.82, 2.24) is 15.0 Å². The standard InChI is InChI=1S/C23H19N3/c1-3-22-24-14(2)25-23(26-22)16-9-10-19-17(12-16)13-21-18-7-5-4-6-15(18)8-11-20(19)21/h4-12H,3,13H2,1-2H3. The van der Waals surface area contributed by atoms with E-state index >= 15 is 0 Å². The van der Waals surface area contributed by atoms with Gasteiger partial charge in [0.2, 0.25) is 0 Å². The highest BCUT2D eigenvalue weighted by Gasteiger charge is 2.21. The summed E-state index contributed by atoms with van der Waals surface area (Å²) < 4.78 is 0. The Hall–Kier alpha value is -3.07. The number of nitrogens with zero attached hydrogens (tertiary/aromatic N) is 3. The molecule has 3 nitrogen and oxygen atoms in total. The average Bonchev–Trinajstić information content (AvgIpc) is 3.05. The van der Waals surface area contributed by atoms with E-state index < -0.39 is 0 Å². The fourth-order valence-corrected chi connectivity index (χ4v) is 3.94. The Bertz CT molecular complexity index is 1160. The predicted molar refractivity (Wildman–Crippen MR) is 105 cm³/mol. The van der Waals surface area contributed by atoms with Gasteiger partial charge in [-0.25, -0.2) is 15.0 Å². The third-order valence-electron chi connectivity index (χ3n) is 5.17. The summed E-state index contributed by atoms with van der Waals surface area (Å²) in [4.78, 5) is 13.6. The fourth-order valence-electron chi connectivity index (χ4n) is 3.94. The Balaban J connectivity index is 1.63. The van der Waals surface area contributed by atoms with Gasteiger partial charge in [0, 0.05) is 12.0 Å². The fraction of sp³-hybridized carbons (Fsp3) is 0.174. The molecular formula is C23H19N3. The zero-order valence-electron chi connectivity index (χ0n) is 15.0. The normalized spacial score (nSPS) is 12.2. The minimum Gasteiger partial charge on any atom is -0.218 e. The molecule has 0 radical (unpaired) electrons. The lowest BCUT2D eigenvalue weighted by molar-refractivity contribution is 0.869. The first-order chi connectivity index (χ1) is 12.7. The van der Waals surface area contributed by atoms with E-state index in [1.165, 1.54) is 33.0 Å². The van der Waals surface area contributed by atoms with Crippen LogP contribution < -0.4 is 0 Å². The minimum absolute atomic E-state index is 0.776. The quantitative estimate of drug-likeness (QED) is 0.448. The molecule has 4 aromatic rings. The highest BCUT2D eigenvalue weighted by molar-refractivity contribution is 5.95. The first kappa shape index (κ1) is 15.2. The molecule has 0 N–H and O–H groups in total. The van der Waals surface area contributed by atoms with Crippen LogP contribution in [0.25, 0.3) is 33.3 Å². The zero-order chi connectivity index (χ0) is 17.7. The number of fused-ring (bicyclic) bond motifs is 5. The van der Waals surface area contributed by atoms with Crippen LogP contribution in [0.3, 0.4) is 0 Å². The van der Waals surface area contributed by atoms with Gasteiger partial charge in [-0.3, -0.25) is 0 Å². The molecule has 0 aliphatic heterocycles. The van der Waals surface area contributed by atoms with Crippen LogP contribution in [0.4, 0.5) is 0 Å². The number of hydrogen-bond acceptors (Lipinski definition) is 3. The molecule has 0 atom stereocenters. The molecule has 3 aromatic carbocycles. The van der Waals surface area contributed by atoms with E-state index in [2.05, 4.69) is 76.5 Å². The lowest BCUT2D eigenvalue weighted by Crippen LogP contribution is -2.01. The first-order valence-corrected chi connectivity index (χ1v) is 9.09. The lowest BCUT2D eigenvalue weighted by Gasteiger charge is -2.07. The molecule has 1 heterocycles. The van der Waals surface area contributed by atoms with E-state index in [1.807, 2.05) is 6.92 Å². The second-order valence-corrected chi connectivity index (χ2v) is 6.84. The summed E-state index contributed by atoms with van der Waals surface area (Å²) in [5, 5.41) is 2.66. The average molecular weight is 337 g/mol. The summed E-state index contributed by atoms with van der Waals surface area (Å²) in [5.74, 6) is 2.40. The topological polar surface area (TPSA) is 38.7 Å². The van der Waals surface area contributed by atoms with Gasteiger partial charge in [0.25, 0.3) is 0 Å². The van der Waals surface area contributed by atoms with Gasteiger partial charge in [-0.1, -0.05) is 55.5 Å². The third kappa shape index (κ3) is 2.31. The van der Waals surface area contributed by atoms with E-state index in [0.29, 0.717) is 0 Å². The Morgan fingerprint density at radius 3 is 2.62 bits per heavy atom. The number of rotatable bonds is 2. The summed E-state index contributed by atoms with van der Waals surface area (Å²) in [6, 6.07) is 19.7. The Kier molecular flexibility index (Phi) is 3.35. The van der Waals surface area contributed by atoms with Crippen LogP contribution in [0.1, 0.15) is 29.7 Å². The van der Waals surface area contributed by atoms with Gasteiger partial charge in [0.15, 0.2) is 5.82 Å². The van der Waals surface area contributed by atoms with Crippen LogP contribution in [0.5, 0.6) is 0 Å². The van der Waals surface area contributed by atoms with E-state index in [9.17, 15) is 0 Å². The van der Waals surface area contributed by atoms with Crippen LogP contribution in [-0.4, -0.2) is 15.0 Å². The Morgan fingerprint density at radius 1 is 0.885 bits per heavy atom. The smallest absolute Gasteiger partial charge is 0.163 e. The first-order valence-electron chi connectivity index (χ1n) is 9.09. The Morgan fingerprint density at radius 2 is 1.73 bits per heavy atom. The van der Waals surface area contributed by atoms with Gasteiger partial charge < -0.3 is 0 Å². The molecule has 1 aliphatic rings.